The minimum absolute atomic E-state index is 0.189. The molecular formula is C16H13NOS2. The lowest BCUT2D eigenvalue weighted by Crippen LogP contribution is -1.99. The highest BCUT2D eigenvalue weighted by Crippen LogP contribution is 2.27. The van der Waals surface area contributed by atoms with Crippen molar-refractivity contribution in [3.05, 3.63) is 58.4 Å². The molecule has 100 valence electrons. The molecule has 20 heavy (non-hydrogen) atoms. The molecule has 2 aromatic heterocycles. The lowest BCUT2D eigenvalue weighted by atomic mass is 10.2. The van der Waals surface area contributed by atoms with Gasteiger partial charge in [0.05, 0.1) is 16.1 Å². The Morgan fingerprint density at radius 1 is 1.20 bits per heavy atom. The Morgan fingerprint density at radius 2 is 2.05 bits per heavy atom. The Kier molecular flexibility index (Phi) is 3.85. The van der Waals surface area contributed by atoms with Crippen molar-refractivity contribution in [2.75, 3.05) is 5.75 Å². The molecule has 0 amide bonds. The van der Waals surface area contributed by atoms with Crippen molar-refractivity contribution in [3.8, 4) is 0 Å². The van der Waals surface area contributed by atoms with E-state index in [1.54, 1.807) is 29.3 Å². The molecule has 0 bridgehead atoms. The van der Waals surface area contributed by atoms with Gasteiger partial charge in [-0.05, 0) is 31.2 Å². The van der Waals surface area contributed by atoms with Crippen molar-refractivity contribution in [1.82, 2.24) is 4.98 Å². The number of carbonyl (C=O) groups is 1. The highest BCUT2D eigenvalue weighted by molar-refractivity contribution is 8.00. The van der Waals surface area contributed by atoms with Gasteiger partial charge in [0, 0.05) is 21.4 Å². The Balaban J connectivity index is 1.79. The number of benzene rings is 1. The zero-order valence-corrected chi connectivity index (χ0v) is 12.6. The monoisotopic (exact) mass is 299 g/mol. The first-order valence-corrected chi connectivity index (χ1v) is 8.10. The van der Waals surface area contributed by atoms with Crippen LogP contribution in [0, 0.1) is 6.92 Å². The summed E-state index contributed by atoms with van der Waals surface area (Å²) in [6.45, 7) is 2.02. The fourth-order valence-electron chi connectivity index (χ4n) is 1.99. The smallest absolute Gasteiger partial charge is 0.182 e. The molecular weight excluding hydrogens is 286 g/mol. The Bertz CT molecular complexity index is 759. The van der Waals surface area contributed by atoms with Crippen LogP contribution in [0.25, 0.3) is 10.9 Å². The molecule has 0 radical (unpaired) electrons. The number of fused-ring (bicyclic) bond motifs is 1. The summed E-state index contributed by atoms with van der Waals surface area (Å²) in [4.78, 5) is 19.6. The first-order chi connectivity index (χ1) is 9.74. The van der Waals surface area contributed by atoms with Crippen LogP contribution in [0.2, 0.25) is 0 Å². The van der Waals surface area contributed by atoms with Crippen LogP contribution in [-0.4, -0.2) is 16.5 Å². The second-order valence-corrected chi connectivity index (χ2v) is 6.75. The molecule has 0 N–H and O–H groups in total. The molecule has 0 saturated carbocycles. The van der Waals surface area contributed by atoms with E-state index in [4.69, 9.17) is 0 Å². The van der Waals surface area contributed by atoms with E-state index in [9.17, 15) is 4.79 Å². The van der Waals surface area contributed by atoms with Gasteiger partial charge in [-0.3, -0.25) is 9.78 Å². The summed E-state index contributed by atoms with van der Waals surface area (Å²) in [7, 11) is 0. The van der Waals surface area contributed by atoms with Crippen molar-refractivity contribution in [2.24, 2.45) is 0 Å². The van der Waals surface area contributed by atoms with Gasteiger partial charge in [-0.2, -0.15) is 0 Å². The van der Waals surface area contributed by atoms with E-state index in [0.29, 0.717) is 5.75 Å². The SMILES string of the molecule is Cc1ccc(C(=O)CSc2ccnc3ccccc23)s1. The van der Waals surface area contributed by atoms with Crippen LogP contribution in [0.15, 0.2) is 53.6 Å². The molecule has 0 spiro atoms. The average molecular weight is 299 g/mol. The van der Waals surface area contributed by atoms with Crippen molar-refractivity contribution in [2.45, 2.75) is 11.8 Å². The van der Waals surface area contributed by atoms with E-state index in [0.717, 1.165) is 20.7 Å². The molecule has 2 heterocycles. The highest BCUT2D eigenvalue weighted by atomic mass is 32.2. The van der Waals surface area contributed by atoms with Crippen LogP contribution in [0.1, 0.15) is 14.5 Å². The van der Waals surface area contributed by atoms with E-state index < -0.39 is 0 Å². The Hall–Kier alpha value is -1.65. The van der Waals surface area contributed by atoms with Crippen LogP contribution in [0.5, 0.6) is 0 Å². The number of Topliss-reactive ketones (excluding diaryl/α,β-unsaturated/α-hetero) is 1. The van der Waals surface area contributed by atoms with E-state index in [-0.39, 0.29) is 5.78 Å². The first kappa shape index (κ1) is 13.3. The maximum Gasteiger partial charge on any atom is 0.182 e. The number of rotatable bonds is 4. The standard InChI is InChI=1S/C16H13NOS2/c1-11-6-7-16(20-11)14(18)10-19-15-8-9-17-13-5-3-2-4-12(13)15/h2-9H,10H2,1H3. The Labute approximate surface area is 125 Å². The van der Waals surface area contributed by atoms with Gasteiger partial charge in [0.25, 0.3) is 0 Å². The fraction of sp³-hybridized carbons (Fsp3) is 0.125. The predicted molar refractivity (Wildman–Crippen MR) is 85.9 cm³/mol. The van der Waals surface area contributed by atoms with Crippen LogP contribution in [0.4, 0.5) is 0 Å². The molecule has 0 fully saturated rings. The summed E-state index contributed by atoms with van der Waals surface area (Å²) in [6.07, 6.45) is 1.80. The maximum absolute atomic E-state index is 12.1. The molecule has 3 aromatic rings. The summed E-state index contributed by atoms with van der Waals surface area (Å²) in [5, 5.41) is 1.11. The molecule has 2 nitrogen and oxygen atoms in total. The second-order valence-electron chi connectivity index (χ2n) is 4.45. The lowest BCUT2D eigenvalue weighted by Gasteiger charge is -2.04. The van der Waals surface area contributed by atoms with E-state index >= 15 is 0 Å². The molecule has 3 rings (SSSR count). The molecule has 1 aromatic carbocycles. The summed E-state index contributed by atoms with van der Waals surface area (Å²) >= 11 is 3.14. The highest BCUT2D eigenvalue weighted by Gasteiger charge is 2.10. The Morgan fingerprint density at radius 3 is 2.85 bits per heavy atom. The number of thioether (sulfide) groups is 1. The number of para-hydroxylation sites is 1. The maximum atomic E-state index is 12.1. The quantitative estimate of drug-likeness (QED) is 0.522. The summed E-state index contributed by atoms with van der Waals surface area (Å²) in [5.41, 5.74) is 0.969. The van der Waals surface area contributed by atoms with Crippen LogP contribution in [0.3, 0.4) is 0 Å². The number of hydrogen-bond donors (Lipinski definition) is 0. The lowest BCUT2D eigenvalue weighted by molar-refractivity contribution is 0.102. The minimum atomic E-state index is 0.189. The van der Waals surface area contributed by atoms with Gasteiger partial charge < -0.3 is 0 Å². The third-order valence-electron chi connectivity index (χ3n) is 2.98. The van der Waals surface area contributed by atoms with Crippen molar-refractivity contribution >= 4 is 39.8 Å². The van der Waals surface area contributed by atoms with Gasteiger partial charge in [-0.1, -0.05) is 18.2 Å². The van der Waals surface area contributed by atoms with Crippen LogP contribution in [-0.2, 0) is 0 Å². The second kappa shape index (κ2) is 5.77. The van der Waals surface area contributed by atoms with Gasteiger partial charge in [0.15, 0.2) is 5.78 Å². The van der Waals surface area contributed by atoms with Gasteiger partial charge >= 0.3 is 0 Å². The van der Waals surface area contributed by atoms with Crippen LogP contribution < -0.4 is 0 Å². The normalized spacial score (nSPS) is 10.8. The summed E-state index contributed by atoms with van der Waals surface area (Å²) in [6, 6.07) is 13.9. The molecule has 0 aliphatic carbocycles. The van der Waals surface area contributed by atoms with Gasteiger partial charge in [0.2, 0.25) is 0 Å². The van der Waals surface area contributed by atoms with E-state index in [1.165, 1.54) is 4.88 Å². The number of carbonyl (C=O) groups excluding carboxylic acids is 1. The summed E-state index contributed by atoms with van der Waals surface area (Å²) in [5.74, 6) is 0.655. The van der Waals surface area contributed by atoms with Gasteiger partial charge in [-0.25, -0.2) is 0 Å². The zero-order chi connectivity index (χ0) is 13.9. The third kappa shape index (κ3) is 2.76. The van der Waals surface area contributed by atoms with Crippen molar-refractivity contribution < 1.29 is 4.79 Å². The number of thiophene rings is 1. The van der Waals surface area contributed by atoms with E-state index in [2.05, 4.69) is 4.98 Å². The predicted octanol–water partition coefficient (Wildman–Crippen LogP) is 4.58. The minimum Gasteiger partial charge on any atom is -0.292 e. The van der Waals surface area contributed by atoms with Gasteiger partial charge in [0.1, 0.15) is 0 Å². The number of pyridine rings is 1. The number of aryl methyl sites for hydroxylation is 1. The molecule has 0 aliphatic heterocycles. The largest absolute Gasteiger partial charge is 0.292 e. The number of hydrogen-bond acceptors (Lipinski definition) is 4. The molecule has 0 aliphatic rings. The first-order valence-electron chi connectivity index (χ1n) is 6.30. The average Bonchev–Trinajstić information content (AvgIpc) is 2.91. The van der Waals surface area contributed by atoms with Crippen molar-refractivity contribution in [3.63, 3.8) is 0 Å². The van der Waals surface area contributed by atoms with Crippen LogP contribution >= 0.6 is 23.1 Å². The van der Waals surface area contributed by atoms with Gasteiger partial charge in [-0.15, -0.1) is 23.1 Å². The fourth-order valence-corrected chi connectivity index (χ4v) is 3.82. The zero-order valence-electron chi connectivity index (χ0n) is 11.0. The molecule has 0 saturated heterocycles. The van der Waals surface area contributed by atoms with E-state index in [1.807, 2.05) is 49.4 Å². The summed E-state index contributed by atoms with van der Waals surface area (Å²) < 4.78 is 0. The van der Waals surface area contributed by atoms with Crippen molar-refractivity contribution in [1.29, 1.82) is 0 Å². The molecule has 0 unspecified atom stereocenters. The number of nitrogens with zero attached hydrogens (tertiary/aromatic N) is 1. The topological polar surface area (TPSA) is 30.0 Å². The third-order valence-corrected chi connectivity index (χ3v) is 5.10. The number of aromatic nitrogens is 1. The molecule has 4 heteroatoms. The number of ketones is 1. The molecule has 0 atom stereocenters.